The van der Waals surface area contributed by atoms with Gasteiger partial charge in [0.2, 0.25) is 0 Å². The summed E-state index contributed by atoms with van der Waals surface area (Å²) in [7, 11) is 0. The minimum absolute atomic E-state index is 0.0412. The molecule has 0 fully saturated rings. The fourth-order valence-corrected chi connectivity index (χ4v) is 3.09. The van der Waals surface area contributed by atoms with E-state index in [1.54, 1.807) is 6.07 Å². The lowest BCUT2D eigenvalue weighted by atomic mass is 9.90. The Kier molecular flexibility index (Phi) is 3.82. The van der Waals surface area contributed by atoms with E-state index in [2.05, 4.69) is 23.5 Å². The fraction of sp³-hybridized carbons (Fsp3) is 0.333. The third-order valence-corrected chi connectivity index (χ3v) is 4.22. The third-order valence-electron chi connectivity index (χ3n) is 4.22. The second-order valence-electron chi connectivity index (χ2n) is 5.72. The molecule has 2 N–H and O–H groups in total. The van der Waals surface area contributed by atoms with Crippen LogP contribution in [-0.2, 0) is 12.8 Å². The first-order valence-electron chi connectivity index (χ1n) is 7.51. The van der Waals surface area contributed by atoms with Gasteiger partial charge in [0.25, 0.3) is 0 Å². The van der Waals surface area contributed by atoms with Gasteiger partial charge in [-0.05, 0) is 55.9 Å². The lowest BCUT2D eigenvalue weighted by Gasteiger charge is -2.23. The molecule has 1 aliphatic rings. The van der Waals surface area contributed by atoms with Crippen LogP contribution < -0.4 is 5.32 Å². The molecule has 0 bridgehead atoms. The first-order valence-corrected chi connectivity index (χ1v) is 7.51. The number of halogens is 1. The normalized spacial score (nSPS) is 15.3. The Labute approximate surface area is 124 Å². The second kappa shape index (κ2) is 5.76. The topological polar surface area (TPSA) is 32.3 Å². The highest BCUT2D eigenvalue weighted by molar-refractivity contribution is 5.57. The summed E-state index contributed by atoms with van der Waals surface area (Å²) in [4.78, 5) is 0. The van der Waals surface area contributed by atoms with E-state index in [0.717, 1.165) is 24.6 Å². The molecule has 3 heteroatoms. The molecular weight excluding hydrogens is 265 g/mol. The number of anilines is 1. The Hall–Kier alpha value is -2.03. The summed E-state index contributed by atoms with van der Waals surface area (Å²) in [6.45, 7) is 1.94. The summed E-state index contributed by atoms with van der Waals surface area (Å²) in [6.07, 6.45) is 4.68. The number of hydrogen-bond donors (Lipinski definition) is 2. The highest BCUT2D eigenvalue weighted by Gasteiger charge is 2.16. The highest BCUT2D eigenvalue weighted by atomic mass is 19.1. The van der Waals surface area contributed by atoms with Crippen LogP contribution in [0, 0.1) is 5.82 Å². The fourth-order valence-electron chi connectivity index (χ4n) is 3.09. The molecule has 2 aromatic carbocycles. The van der Waals surface area contributed by atoms with Crippen LogP contribution in [0.5, 0.6) is 5.75 Å². The van der Waals surface area contributed by atoms with Gasteiger partial charge in [0.05, 0.1) is 6.04 Å². The summed E-state index contributed by atoms with van der Waals surface area (Å²) in [5.41, 5.74) is 4.45. The first kappa shape index (κ1) is 13.9. The summed E-state index contributed by atoms with van der Waals surface area (Å²) in [6, 6.07) is 10.5. The molecule has 1 atom stereocenters. The van der Waals surface area contributed by atoms with Crippen LogP contribution in [0.2, 0.25) is 0 Å². The van der Waals surface area contributed by atoms with Crippen molar-refractivity contribution < 1.29 is 9.50 Å². The van der Waals surface area contributed by atoms with Gasteiger partial charge < -0.3 is 10.4 Å². The molecule has 0 aromatic heterocycles. The van der Waals surface area contributed by atoms with Crippen molar-refractivity contribution in [3.63, 3.8) is 0 Å². The summed E-state index contributed by atoms with van der Waals surface area (Å²) < 4.78 is 13.9. The largest absolute Gasteiger partial charge is 0.508 e. The molecule has 3 rings (SSSR count). The molecular formula is C18H20FNO. The minimum atomic E-state index is -0.375. The van der Waals surface area contributed by atoms with Crippen LogP contribution in [0.4, 0.5) is 10.1 Å². The van der Waals surface area contributed by atoms with E-state index in [1.165, 1.54) is 30.0 Å². The number of aryl methyl sites for hydroxylation is 1. The van der Waals surface area contributed by atoms with Crippen LogP contribution in [0.15, 0.2) is 36.4 Å². The maximum absolute atomic E-state index is 13.9. The first-order chi connectivity index (χ1) is 10.1. The number of fused-ring (bicyclic) bond motifs is 1. The van der Waals surface area contributed by atoms with Gasteiger partial charge >= 0.3 is 0 Å². The van der Waals surface area contributed by atoms with E-state index in [4.69, 9.17) is 0 Å². The number of phenolic OH excluding ortho intramolecular Hbond substituents is 1. The van der Waals surface area contributed by atoms with E-state index in [9.17, 15) is 9.50 Å². The molecule has 0 amide bonds. The summed E-state index contributed by atoms with van der Waals surface area (Å²) in [5, 5.41) is 12.7. The average Bonchev–Trinajstić information content (AvgIpc) is 2.47. The predicted molar refractivity (Wildman–Crippen MR) is 83.2 cm³/mol. The number of benzene rings is 2. The van der Waals surface area contributed by atoms with Gasteiger partial charge in [-0.1, -0.05) is 18.2 Å². The summed E-state index contributed by atoms with van der Waals surface area (Å²) in [5.74, 6) is -0.416. The Morgan fingerprint density at radius 1 is 1.14 bits per heavy atom. The van der Waals surface area contributed by atoms with Crippen molar-refractivity contribution in [2.75, 3.05) is 5.32 Å². The molecule has 1 aliphatic carbocycles. The van der Waals surface area contributed by atoms with Crippen LogP contribution in [0.25, 0.3) is 0 Å². The van der Waals surface area contributed by atoms with E-state index >= 15 is 0 Å². The molecule has 21 heavy (non-hydrogen) atoms. The lowest BCUT2D eigenvalue weighted by molar-refractivity contribution is 0.467. The molecule has 2 nitrogen and oxygen atoms in total. The maximum Gasteiger partial charge on any atom is 0.132 e. The van der Waals surface area contributed by atoms with Crippen molar-refractivity contribution in [2.45, 2.75) is 38.6 Å². The van der Waals surface area contributed by atoms with Gasteiger partial charge in [-0.3, -0.25) is 0 Å². The highest BCUT2D eigenvalue weighted by Crippen LogP contribution is 2.31. The molecule has 2 aromatic rings. The Balaban J connectivity index is 1.86. The predicted octanol–water partition coefficient (Wildman–Crippen LogP) is 4.58. The van der Waals surface area contributed by atoms with E-state index in [1.807, 2.05) is 6.92 Å². The van der Waals surface area contributed by atoms with Crippen LogP contribution >= 0.6 is 0 Å². The van der Waals surface area contributed by atoms with Gasteiger partial charge in [0, 0.05) is 17.3 Å². The Morgan fingerprint density at radius 3 is 2.76 bits per heavy atom. The van der Waals surface area contributed by atoms with Gasteiger partial charge in [-0.15, -0.1) is 0 Å². The van der Waals surface area contributed by atoms with Crippen LogP contribution in [-0.4, -0.2) is 5.11 Å². The zero-order valence-electron chi connectivity index (χ0n) is 12.2. The van der Waals surface area contributed by atoms with E-state index < -0.39 is 0 Å². The van der Waals surface area contributed by atoms with Crippen molar-refractivity contribution in [1.29, 1.82) is 0 Å². The zero-order valence-corrected chi connectivity index (χ0v) is 12.2. The van der Waals surface area contributed by atoms with Crippen molar-refractivity contribution in [1.82, 2.24) is 0 Å². The van der Waals surface area contributed by atoms with E-state index in [0.29, 0.717) is 5.56 Å². The van der Waals surface area contributed by atoms with Gasteiger partial charge in [0.15, 0.2) is 0 Å². The Bertz CT molecular complexity index is 654. The summed E-state index contributed by atoms with van der Waals surface area (Å²) >= 11 is 0. The molecule has 0 heterocycles. The molecule has 1 unspecified atom stereocenters. The monoisotopic (exact) mass is 285 g/mol. The number of rotatable bonds is 3. The molecule has 110 valence electrons. The minimum Gasteiger partial charge on any atom is -0.508 e. The molecule has 0 saturated carbocycles. The smallest absolute Gasteiger partial charge is 0.132 e. The average molecular weight is 285 g/mol. The lowest BCUT2D eigenvalue weighted by Crippen LogP contribution is -2.12. The maximum atomic E-state index is 13.9. The van der Waals surface area contributed by atoms with Crippen LogP contribution in [0.3, 0.4) is 0 Å². The second-order valence-corrected chi connectivity index (χ2v) is 5.72. The molecule has 0 radical (unpaired) electrons. The van der Waals surface area contributed by atoms with Crippen molar-refractivity contribution in [3.8, 4) is 5.75 Å². The standard InChI is InChI=1S/C18H20FNO/c1-12(15-10-9-14(21)11-17(15)19)20-18-8-4-6-13-5-2-3-7-16(13)18/h4,6,8-12,20-21H,2-3,5,7H2,1H3. The van der Waals surface area contributed by atoms with Gasteiger partial charge in [-0.2, -0.15) is 0 Å². The van der Waals surface area contributed by atoms with Crippen molar-refractivity contribution >= 4 is 5.69 Å². The third kappa shape index (κ3) is 2.87. The number of hydrogen-bond acceptors (Lipinski definition) is 2. The number of nitrogens with one attached hydrogen (secondary N) is 1. The van der Waals surface area contributed by atoms with Crippen molar-refractivity contribution in [2.24, 2.45) is 0 Å². The van der Waals surface area contributed by atoms with Crippen molar-refractivity contribution in [3.05, 3.63) is 58.9 Å². The van der Waals surface area contributed by atoms with E-state index in [-0.39, 0.29) is 17.6 Å². The Morgan fingerprint density at radius 2 is 1.95 bits per heavy atom. The molecule has 0 aliphatic heterocycles. The SMILES string of the molecule is CC(Nc1cccc2c1CCCC2)c1ccc(O)cc1F. The molecule has 0 saturated heterocycles. The molecule has 0 spiro atoms. The van der Waals surface area contributed by atoms with Gasteiger partial charge in [0.1, 0.15) is 11.6 Å². The quantitative estimate of drug-likeness (QED) is 0.865. The number of aromatic hydroxyl groups is 1. The van der Waals surface area contributed by atoms with Gasteiger partial charge in [-0.25, -0.2) is 4.39 Å². The van der Waals surface area contributed by atoms with Crippen LogP contribution in [0.1, 0.15) is 42.5 Å². The number of phenols is 1. The zero-order chi connectivity index (χ0) is 14.8.